The van der Waals surface area contributed by atoms with Gasteiger partial charge in [-0.2, -0.15) is 4.37 Å². The minimum Gasteiger partial charge on any atom is -0.323 e. The lowest BCUT2D eigenvalue weighted by molar-refractivity contribution is -0.111. The average Bonchev–Trinajstić information content (AvgIpc) is 2.64. The summed E-state index contributed by atoms with van der Waals surface area (Å²) in [5.41, 5.74) is 0.766. The molecule has 1 amide bonds. The van der Waals surface area contributed by atoms with Crippen LogP contribution in [-0.4, -0.2) is 10.3 Å². The van der Waals surface area contributed by atoms with Gasteiger partial charge in [-0.05, 0) is 35.8 Å². The Labute approximate surface area is 85.2 Å². The fourth-order valence-electron chi connectivity index (χ4n) is 1.14. The molecule has 1 aromatic heterocycles. The Morgan fingerprint density at radius 1 is 1.57 bits per heavy atom. The van der Waals surface area contributed by atoms with Gasteiger partial charge in [0.15, 0.2) is 0 Å². The molecule has 1 N–H and O–H groups in total. The van der Waals surface area contributed by atoms with Gasteiger partial charge in [-0.1, -0.05) is 6.58 Å². The van der Waals surface area contributed by atoms with E-state index in [0.29, 0.717) is 0 Å². The minimum atomic E-state index is -0.201. The second kappa shape index (κ2) is 3.59. The van der Waals surface area contributed by atoms with E-state index in [1.54, 1.807) is 6.20 Å². The molecule has 0 saturated heterocycles. The number of rotatable bonds is 2. The maximum absolute atomic E-state index is 11.0. The van der Waals surface area contributed by atoms with E-state index in [1.807, 2.05) is 18.2 Å². The summed E-state index contributed by atoms with van der Waals surface area (Å²) in [7, 11) is 0. The minimum absolute atomic E-state index is 0.201. The average molecular weight is 204 g/mol. The summed E-state index contributed by atoms with van der Waals surface area (Å²) in [5.74, 6) is -0.201. The topological polar surface area (TPSA) is 42.0 Å². The van der Waals surface area contributed by atoms with Crippen molar-refractivity contribution in [2.24, 2.45) is 0 Å². The lowest BCUT2D eigenvalue weighted by atomic mass is 10.2. The molecule has 0 aliphatic heterocycles. The van der Waals surface area contributed by atoms with E-state index >= 15 is 0 Å². The highest BCUT2D eigenvalue weighted by molar-refractivity contribution is 7.13. The first-order valence-electron chi connectivity index (χ1n) is 4.07. The largest absolute Gasteiger partial charge is 0.323 e. The molecule has 0 radical (unpaired) electrons. The van der Waals surface area contributed by atoms with Crippen LogP contribution in [0.5, 0.6) is 0 Å². The molecule has 0 spiro atoms. The first-order valence-corrected chi connectivity index (χ1v) is 4.85. The van der Waals surface area contributed by atoms with Gasteiger partial charge in [0.2, 0.25) is 5.91 Å². The van der Waals surface area contributed by atoms with Crippen molar-refractivity contribution in [3.8, 4) is 0 Å². The van der Waals surface area contributed by atoms with Gasteiger partial charge < -0.3 is 5.32 Å². The maximum atomic E-state index is 11.0. The molecule has 1 heterocycles. The van der Waals surface area contributed by atoms with Gasteiger partial charge in [0, 0.05) is 17.3 Å². The van der Waals surface area contributed by atoms with Gasteiger partial charge in [-0.15, -0.1) is 0 Å². The number of nitrogens with one attached hydrogen (secondary N) is 1. The summed E-state index contributed by atoms with van der Waals surface area (Å²) in [4.78, 5) is 11.0. The number of nitrogens with zero attached hydrogens (tertiary/aromatic N) is 1. The van der Waals surface area contributed by atoms with E-state index in [9.17, 15) is 4.79 Å². The zero-order valence-corrected chi connectivity index (χ0v) is 8.17. The molecule has 70 valence electrons. The third kappa shape index (κ3) is 1.65. The van der Waals surface area contributed by atoms with Gasteiger partial charge >= 0.3 is 0 Å². The van der Waals surface area contributed by atoms with E-state index in [2.05, 4.69) is 16.3 Å². The number of hydrogen-bond acceptors (Lipinski definition) is 3. The molecule has 0 atom stereocenters. The molecular weight excluding hydrogens is 196 g/mol. The molecule has 0 aliphatic carbocycles. The Bertz CT molecular complexity index is 490. The van der Waals surface area contributed by atoms with Crippen molar-refractivity contribution in [1.29, 1.82) is 0 Å². The van der Waals surface area contributed by atoms with Gasteiger partial charge in [0.05, 0.1) is 4.70 Å². The highest BCUT2D eigenvalue weighted by Crippen LogP contribution is 2.21. The van der Waals surface area contributed by atoms with Crippen LogP contribution in [-0.2, 0) is 4.79 Å². The Morgan fingerprint density at radius 3 is 3.21 bits per heavy atom. The molecule has 3 nitrogen and oxygen atoms in total. The number of carbonyl (C=O) groups is 1. The third-order valence-electron chi connectivity index (χ3n) is 1.81. The lowest BCUT2D eigenvalue weighted by Gasteiger charge is -2.00. The maximum Gasteiger partial charge on any atom is 0.247 e. The first kappa shape index (κ1) is 8.90. The van der Waals surface area contributed by atoms with Crippen molar-refractivity contribution in [3.63, 3.8) is 0 Å². The molecule has 1 aromatic carbocycles. The monoisotopic (exact) mass is 204 g/mol. The Kier molecular flexibility index (Phi) is 2.28. The zero-order valence-electron chi connectivity index (χ0n) is 7.36. The second-order valence-corrected chi connectivity index (χ2v) is 3.60. The highest BCUT2D eigenvalue weighted by Gasteiger charge is 2.00. The summed E-state index contributed by atoms with van der Waals surface area (Å²) >= 11 is 1.44. The number of hydrogen-bond donors (Lipinski definition) is 1. The third-order valence-corrected chi connectivity index (χ3v) is 2.58. The van der Waals surface area contributed by atoms with Crippen molar-refractivity contribution in [3.05, 3.63) is 37.1 Å². The summed E-state index contributed by atoms with van der Waals surface area (Å²) in [6, 6.07) is 5.67. The molecule has 0 aliphatic rings. The van der Waals surface area contributed by atoms with E-state index < -0.39 is 0 Å². The molecule has 2 aromatic rings. The van der Waals surface area contributed by atoms with Crippen molar-refractivity contribution in [2.75, 3.05) is 5.32 Å². The van der Waals surface area contributed by atoms with Gasteiger partial charge in [-0.3, -0.25) is 4.79 Å². The van der Waals surface area contributed by atoms with E-state index in [0.717, 1.165) is 15.8 Å². The van der Waals surface area contributed by atoms with Crippen molar-refractivity contribution in [1.82, 2.24) is 4.37 Å². The van der Waals surface area contributed by atoms with E-state index in [-0.39, 0.29) is 5.91 Å². The van der Waals surface area contributed by atoms with Crippen LogP contribution < -0.4 is 5.32 Å². The first-order chi connectivity index (χ1) is 6.79. The number of amides is 1. The second-order valence-electron chi connectivity index (χ2n) is 2.77. The van der Waals surface area contributed by atoms with E-state index in [4.69, 9.17) is 0 Å². The number of aromatic nitrogens is 1. The van der Waals surface area contributed by atoms with Crippen molar-refractivity contribution < 1.29 is 4.79 Å². The summed E-state index contributed by atoms with van der Waals surface area (Å²) in [6.45, 7) is 3.39. The fourth-order valence-corrected chi connectivity index (χ4v) is 1.77. The standard InChI is InChI=1S/C10H8N2OS/c1-2-10(13)12-8-3-4-9-7(5-8)6-11-14-9/h2-6H,1H2,(H,12,13). The number of benzene rings is 1. The van der Waals surface area contributed by atoms with Gasteiger partial charge in [0.25, 0.3) is 0 Å². The Morgan fingerprint density at radius 2 is 2.43 bits per heavy atom. The number of carbonyl (C=O) groups excluding carboxylic acids is 1. The zero-order chi connectivity index (χ0) is 9.97. The summed E-state index contributed by atoms with van der Waals surface area (Å²) < 4.78 is 5.16. The van der Waals surface area contributed by atoms with Crippen LogP contribution in [0.1, 0.15) is 0 Å². The van der Waals surface area contributed by atoms with Crippen molar-refractivity contribution >= 4 is 33.2 Å². The van der Waals surface area contributed by atoms with Gasteiger partial charge in [0.1, 0.15) is 0 Å². The van der Waals surface area contributed by atoms with Crippen LogP contribution in [0.2, 0.25) is 0 Å². The number of anilines is 1. The SMILES string of the molecule is C=CC(=O)Nc1ccc2sncc2c1. The molecule has 4 heteroatoms. The van der Waals surface area contributed by atoms with Crippen molar-refractivity contribution in [2.45, 2.75) is 0 Å². The van der Waals surface area contributed by atoms with E-state index in [1.165, 1.54) is 17.6 Å². The summed E-state index contributed by atoms with van der Waals surface area (Å²) in [5, 5.41) is 3.73. The Balaban J connectivity index is 2.34. The predicted molar refractivity (Wildman–Crippen MR) is 58.4 cm³/mol. The molecule has 0 fully saturated rings. The lowest BCUT2D eigenvalue weighted by Crippen LogP contribution is -2.06. The molecule has 0 saturated carbocycles. The van der Waals surface area contributed by atoms with Crippen LogP contribution in [0.15, 0.2) is 37.1 Å². The fraction of sp³-hybridized carbons (Fsp3) is 0. The summed E-state index contributed by atoms with van der Waals surface area (Å²) in [6.07, 6.45) is 3.03. The number of fused-ring (bicyclic) bond motifs is 1. The molecule has 0 unspecified atom stereocenters. The van der Waals surface area contributed by atoms with Gasteiger partial charge in [-0.25, -0.2) is 0 Å². The van der Waals surface area contributed by atoms with Crippen LogP contribution >= 0.6 is 11.5 Å². The quantitative estimate of drug-likeness (QED) is 0.763. The van der Waals surface area contributed by atoms with Crippen LogP contribution in [0.4, 0.5) is 5.69 Å². The highest BCUT2D eigenvalue weighted by atomic mass is 32.1. The van der Waals surface area contributed by atoms with Crippen LogP contribution in [0.25, 0.3) is 10.1 Å². The molecule has 2 rings (SSSR count). The normalized spacial score (nSPS) is 10.0. The Hall–Kier alpha value is -1.68. The molecular formula is C10H8N2OS. The predicted octanol–water partition coefficient (Wildman–Crippen LogP) is 2.42. The smallest absolute Gasteiger partial charge is 0.247 e. The molecule has 14 heavy (non-hydrogen) atoms. The van der Waals surface area contributed by atoms with Crippen LogP contribution in [0.3, 0.4) is 0 Å². The van der Waals surface area contributed by atoms with Crippen LogP contribution in [0, 0.1) is 0 Å². The molecule has 0 bridgehead atoms.